The minimum Gasteiger partial charge on any atom is -0.388 e. The average molecular weight is 311 g/mol. The molecule has 2 heterocycles. The van der Waals surface area contributed by atoms with E-state index in [2.05, 4.69) is 4.98 Å². The van der Waals surface area contributed by atoms with Crippen LogP contribution >= 0.6 is 0 Å². The molecule has 1 amide bonds. The predicted octanol–water partition coefficient (Wildman–Crippen LogP) is -0.902. The maximum atomic E-state index is 12.1. The molecule has 1 fully saturated rings. The van der Waals surface area contributed by atoms with Gasteiger partial charge in [0.25, 0.3) is 5.56 Å². The lowest BCUT2D eigenvalue weighted by Crippen LogP contribution is -2.55. The van der Waals surface area contributed by atoms with Crippen molar-refractivity contribution in [3.8, 4) is 0 Å². The Balaban J connectivity index is 2.25. The summed E-state index contributed by atoms with van der Waals surface area (Å²) in [5.41, 5.74) is -2.25. The number of nitrogens with zero attached hydrogens (tertiary/aromatic N) is 2. The molecule has 0 unspecified atom stereocenters. The van der Waals surface area contributed by atoms with Crippen molar-refractivity contribution in [1.82, 2.24) is 14.5 Å². The Labute approximate surface area is 127 Å². The first kappa shape index (κ1) is 16.4. The van der Waals surface area contributed by atoms with Crippen molar-refractivity contribution in [3.05, 3.63) is 33.1 Å². The van der Waals surface area contributed by atoms with E-state index in [-0.39, 0.29) is 19.1 Å². The molecular weight excluding hydrogens is 290 g/mol. The van der Waals surface area contributed by atoms with E-state index >= 15 is 0 Å². The molecule has 0 aliphatic carbocycles. The number of nitrogens with one attached hydrogen (secondary N) is 1. The fourth-order valence-corrected chi connectivity index (χ4v) is 2.59. The van der Waals surface area contributed by atoms with Crippen LogP contribution in [-0.4, -0.2) is 57.4 Å². The summed E-state index contributed by atoms with van der Waals surface area (Å²) in [6, 6.07) is 0.592. The highest BCUT2D eigenvalue weighted by Gasteiger charge is 2.40. The van der Waals surface area contributed by atoms with E-state index in [0.717, 1.165) is 0 Å². The number of rotatable bonds is 4. The Morgan fingerprint density at radius 2 is 2.27 bits per heavy atom. The highest BCUT2D eigenvalue weighted by atomic mass is 16.5. The van der Waals surface area contributed by atoms with Gasteiger partial charge >= 0.3 is 5.69 Å². The summed E-state index contributed by atoms with van der Waals surface area (Å²) in [7, 11) is 0. The van der Waals surface area contributed by atoms with Crippen molar-refractivity contribution in [2.45, 2.75) is 31.9 Å². The molecule has 0 radical (unpaired) electrons. The summed E-state index contributed by atoms with van der Waals surface area (Å²) in [5, 5.41) is 10.5. The molecule has 0 saturated carbocycles. The Kier molecular flexibility index (Phi) is 4.82. The van der Waals surface area contributed by atoms with Crippen LogP contribution < -0.4 is 11.2 Å². The van der Waals surface area contributed by atoms with Gasteiger partial charge < -0.3 is 14.7 Å². The van der Waals surface area contributed by atoms with Crippen molar-refractivity contribution in [2.24, 2.45) is 0 Å². The molecule has 0 spiro atoms. The smallest absolute Gasteiger partial charge is 0.328 e. The summed E-state index contributed by atoms with van der Waals surface area (Å²) < 4.78 is 6.38. The van der Waals surface area contributed by atoms with Gasteiger partial charge in [-0.2, -0.15) is 0 Å². The Morgan fingerprint density at radius 1 is 1.55 bits per heavy atom. The third-order valence-corrected chi connectivity index (χ3v) is 3.97. The molecule has 1 aromatic heterocycles. The number of H-pyrrole nitrogens is 1. The predicted molar refractivity (Wildman–Crippen MR) is 78.7 cm³/mol. The molecule has 0 bridgehead atoms. The first-order chi connectivity index (χ1) is 10.3. The third kappa shape index (κ3) is 3.45. The molecule has 1 saturated heterocycles. The Hall–Kier alpha value is -1.93. The van der Waals surface area contributed by atoms with E-state index in [1.165, 1.54) is 16.8 Å². The third-order valence-electron chi connectivity index (χ3n) is 3.97. The zero-order chi connectivity index (χ0) is 16.3. The van der Waals surface area contributed by atoms with Crippen LogP contribution in [0.5, 0.6) is 0 Å². The number of aromatic nitrogens is 2. The lowest BCUT2D eigenvalue weighted by Gasteiger charge is -2.43. The number of ether oxygens (including phenoxy) is 1. The molecule has 1 aromatic rings. The van der Waals surface area contributed by atoms with E-state index in [1.807, 2.05) is 0 Å². The van der Waals surface area contributed by atoms with Crippen molar-refractivity contribution < 1.29 is 14.6 Å². The number of amides is 1. The van der Waals surface area contributed by atoms with Gasteiger partial charge in [0.1, 0.15) is 6.61 Å². The number of aromatic amines is 1. The second-order valence-electron chi connectivity index (χ2n) is 5.62. The van der Waals surface area contributed by atoms with E-state index in [0.29, 0.717) is 19.6 Å². The second kappa shape index (κ2) is 6.45. The number of likely N-dealkylation sites (tertiary alicyclic amines) is 1. The number of piperidine rings is 1. The van der Waals surface area contributed by atoms with Gasteiger partial charge in [-0.3, -0.25) is 19.1 Å². The maximum Gasteiger partial charge on any atom is 0.328 e. The first-order valence-electron chi connectivity index (χ1n) is 7.24. The van der Waals surface area contributed by atoms with Crippen LogP contribution in [0.25, 0.3) is 0 Å². The van der Waals surface area contributed by atoms with Crippen LogP contribution in [-0.2, 0) is 9.53 Å². The maximum absolute atomic E-state index is 12.1. The van der Waals surface area contributed by atoms with E-state index < -0.39 is 22.9 Å². The number of carbonyl (C=O) groups is 1. The van der Waals surface area contributed by atoms with Crippen molar-refractivity contribution in [1.29, 1.82) is 0 Å². The summed E-state index contributed by atoms with van der Waals surface area (Å²) >= 11 is 0. The van der Waals surface area contributed by atoms with E-state index in [1.54, 1.807) is 18.7 Å². The van der Waals surface area contributed by atoms with Crippen molar-refractivity contribution >= 4 is 5.91 Å². The Bertz CT molecular complexity index is 648. The lowest BCUT2D eigenvalue weighted by atomic mass is 9.88. The molecule has 2 rings (SSSR count). The van der Waals surface area contributed by atoms with Crippen LogP contribution in [0.4, 0.5) is 0 Å². The number of aliphatic hydroxyl groups is 1. The Morgan fingerprint density at radius 3 is 2.91 bits per heavy atom. The lowest BCUT2D eigenvalue weighted by molar-refractivity contribution is -0.142. The van der Waals surface area contributed by atoms with Gasteiger partial charge in [-0.1, -0.05) is 0 Å². The summed E-state index contributed by atoms with van der Waals surface area (Å²) in [4.78, 5) is 38.9. The molecule has 22 heavy (non-hydrogen) atoms. The number of carbonyl (C=O) groups excluding carboxylic acids is 1. The highest BCUT2D eigenvalue weighted by Crippen LogP contribution is 2.30. The summed E-state index contributed by atoms with van der Waals surface area (Å²) in [6.07, 6.45) is 1.68. The van der Waals surface area contributed by atoms with E-state index in [9.17, 15) is 19.5 Å². The van der Waals surface area contributed by atoms with Crippen LogP contribution in [0, 0.1) is 0 Å². The standard InChI is InChI=1S/C14H21N3O5/c1-3-22-9-12(19)16-7-5-14(2,21)10(8-16)17-6-4-11(18)15-13(17)20/h4,6,10,21H,3,5,7-9H2,1-2H3,(H,15,18,20)/t10-,14-/m1/s1. The number of hydrogen-bond donors (Lipinski definition) is 2. The first-order valence-corrected chi connectivity index (χ1v) is 7.24. The highest BCUT2D eigenvalue weighted by molar-refractivity contribution is 5.77. The van der Waals surface area contributed by atoms with Gasteiger partial charge in [-0.05, 0) is 20.3 Å². The van der Waals surface area contributed by atoms with Gasteiger partial charge in [0.05, 0.1) is 11.6 Å². The summed E-state index contributed by atoms with van der Waals surface area (Å²) in [6.45, 7) is 4.43. The molecule has 2 atom stereocenters. The van der Waals surface area contributed by atoms with Gasteiger partial charge in [-0.25, -0.2) is 4.79 Å². The fourth-order valence-electron chi connectivity index (χ4n) is 2.59. The summed E-state index contributed by atoms with van der Waals surface area (Å²) in [5.74, 6) is -0.181. The normalized spacial score (nSPS) is 25.2. The molecule has 8 heteroatoms. The minimum absolute atomic E-state index is 0.0219. The SMILES string of the molecule is CCOCC(=O)N1CC[C@@](C)(O)[C@H](n2ccc(=O)[nH]c2=O)C1. The van der Waals surface area contributed by atoms with Crippen molar-refractivity contribution in [2.75, 3.05) is 26.3 Å². The topological polar surface area (TPSA) is 105 Å². The molecule has 122 valence electrons. The monoisotopic (exact) mass is 311 g/mol. The van der Waals surface area contributed by atoms with Gasteiger partial charge in [0.15, 0.2) is 0 Å². The molecule has 1 aliphatic rings. The molecular formula is C14H21N3O5. The van der Waals surface area contributed by atoms with Crippen LogP contribution in [0.1, 0.15) is 26.3 Å². The molecule has 0 aromatic carbocycles. The molecule has 2 N–H and O–H groups in total. The quantitative estimate of drug-likeness (QED) is 0.749. The van der Waals surface area contributed by atoms with Crippen LogP contribution in [0.15, 0.2) is 21.9 Å². The second-order valence-corrected chi connectivity index (χ2v) is 5.62. The van der Waals surface area contributed by atoms with Gasteiger partial charge in [0, 0.05) is 32.0 Å². The van der Waals surface area contributed by atoms with Crippen molar-refractivity contribution in [3.63, 3.8) is 0 Å². The average Bonchev–Trinajstić information content (AvgIpc) is 2.45. The fraction of sp³-hybridized carbons (Fsp3) is 0.643. The van der Waals surface area contributed by atoms with E-state index in [4.69, 9.17) is 4.74 Å². The molecule has 1 aliphatic heterocycles. The van der Waals surface area contributed by atoms with Crippen LogP contribution in [0.2, 0.25) is 0 Å². The number of hydrogen-bond acceptors (Lipinski definition) is 5. The van der Waals surface area contributed by atoms with Gasteiger partial charge in [-0.15, -0.1) is 0 Å². The zero-order valence-corrected chi connectivity index (χ0v) is 12.7. The van der Waals surface area contributed by atoms with Gasteiger partial charge in [0.2, 0.25) is 5.91 Å². The van der Waals surface area contributed by atoms with Crippen LogP contribution in [0.3, 0.4) is 0 Å². The minimum atomic E-state index is -1.15. The zero-order valence-electron chi connectivity index (χ0n) is 12.7. The molecule has 8 nitrogen and oxygen atoms in total. The largest absolute Gasteiger partial charge is 0.388 e.